The largest absolute Gasteiger partial charge is 0.444 e. The number of aromatic nitrogens is 4. The Balaban J connectivity index is 1.83. The number of aromatic amines is 1. The second-order valence-corrected chi connectivity index (χ2v) is 8.79. The summed E-state index contributed by atoms with van der Waals surface area (Å²) in [6, 6.07) is 6.18. The lowest BCUT2D eigenvalue weighted by molar-refractivity contribution is 0.0223. The summed E-state index contributed by atoms with van der Waals surface area (Å²) in [7, 11) is 0. The lowest BCUT2D eigenvalue weighted by atomic mass is 10.1. The van der Waals surface area contributed by atoms with Crippen LogP contribution in [0.15, 0.2) is 35.4 Å². The fourth-order valence-corrected chi connectivity index (χ4v) is 3.83. The zero-order valence-electron chi connectivity index (χ0n) is 18.0. The van der Waals surface area contributed by atoms with E-state index in [1.807, 2.05) is 46.8 Å². The third-order valence-corrected chi connectivity index (χ3v) is 4.99. The van der Waals surface area contributed by atoms with Crippen LogP contribution >= 0.6 is 0 Å². The summed E-state index contributed by atoms with van der Waals surface area (Å²) in [6.45, 7) is 10.5. The fraction of sp³-hybridized carbons (Fsp3) is 0.409. The normalized spacial score (nSPS) is 14.0. The van der Waals surface area contributed by atoms with Crippen LogP contribution in [0.25, 0.3) is 11.5 Å². The lowest BCUT2D eigenvalue weighted by Gasteiger charge is -2.29. The standard InChI is InChI=1S/C22H27N5O3/c1-14-10-15(2)12-16(11-14)27-19(26-9-7-23-20(26)28)17-13-25(8-6-18(17)24-27)21(29)30-22(3,4)5/h7,9-12H,6,8,13H2,1-5H3,(H,23,28). The number of benzene rings is 1. The third-order valence-electron chi connectivity index (χ3n) is 4.99. The minimum atomic E-state index is -0.568. The van der Waals surface area contributed by atoms with Gasteiger partial charge < -0.3 is 14.6 Å². The van der Waals surface area contributed by atoms with E-state index >= 15 is 0 Å². The molecule has 0 unspecified atom stereocenters. The Morgan fingerprint density at radius 3 is 2.47 bits per heavy atom. The van der Waals surface area contributed by atoms with Crippen molar-refractivity contribution in [3.8, 4) is 11.5 Å². The van der Waals surface area contributed by atoms with E-state index in [2.05, 4.69) is 11.1 Å². The number of nitrogens with one attached hydrogen (secondary N) is 1. The Bertz CT molecular complexity index is 1140. The summed E-state index contributed by atoms with van der Waals surface area (Å²) in [4.78, 5) is 29.5. The molecule has 0 bridgehead atoms. The van der Waals surface area contributed by atoms with Gasteiger partial charge in [-0.15, -0.1) is 0 Å². The summed E-state index contributed by atoms with van der Waals surface area (Å²) in [6.07, 6.45) is 3.52. The van der Waals surface area contributed by atoms with Crippen molar-refractivity contribution in [2.45, 2.75) is 53.2 Å². The molecule has 0 saturated carbocycles. The quantitative estimate of drug-likeness (QED) is 0.704. The van der Waals surface area contributed by atoms with Crippen molar-refractivity contribution in [2.24, 2.45) is 0 Å². The minimum absolute atomic E-state index is 0.252. The summed E-state index contributed by atoms with van der Waals surface area (Å²) in [5.74, 6) is 0.648. The first-order valence-corrected chi connectivity index (χ1v) is 10.1. The smallest absolute Gasteiger partial charge is 0.410 e. The lowest BCUT2D eigenvalue weighted by Crippen LogP contribution is -2.40. The molecule has 1 amide bonds. The van der Waals surface area contributed by atoms with Crippen LogP contribution in [0.3, 0.4) is 0 Å². The predicted molar refractivity (Wildman–Crippen MR) is 113 cm³/mol. The molecule has 3 heterocycles. The highest BCUT2D eigenvalue weighted by atomic mass is 16.6. The SMILES string of the molecule is Cc1cc(C)cc(-n2nc3c(c2-n2cc[nH]c2=O)CN(C(=O)OC(C)(C)C)CC3)c1. The predicted octanol–water partition coefficient (Wildman–Crippen LogP) is 3.26. The number of rotatable bonds is 2. The van der Waals surface area contributed by atoms with Gasteiger partial charge in [-0.25, -0.2) is 14.3 Å². The number of imidazole rings is 1. The zero-order valence-corrected chi connectivity index (χ0v) is 18.0. The highest BCUT2D eigenvalue weighted by Gasteiger charge is 2.31. The van der Waals surface area contributed by atoms with Crippen molar-refractivity contribution in [3.63, 3.8) is 0 Å². The van der Waals surface area contributed by atoms with E-state index in [1.165, 1.54) is 0 Å². The Morgan fingerprint density at radius 2 is 1.87 bits per heavy atom. The maximum absolute atomic E-state index is 12.7. The number of carbonyl (C=O) groups is 1. The van der Waals surface area contributed by atoms with Crippen LogP contribution < -0.4 is 5.69 Å². The molecular weight excluding hydrogens is 382 g/mol. The second kappa shape index (κ2) is 7.19. The highest BCUT2D eigenvalue weighted by Crippen LogP contribution is 2.28. The molecule has 1 aliphatic heterocycles. The van der Waals surface area contributed by atoms with Crippen LogP contribution in [0.2, 0.25) is 0 Å². The summed E-state index contributed by atoms with van der Waals surface area (Å²) < 4.78 is 8.90. The second-order valence-electron chi connectivity index (χ2n) is 8.79. The molecule has 2 aromatic heterocycles. The molecule has 30 heavy (non-hydrogen) atoms. The van der Waals surface area contributed by atoms with Gasteiger partial charge in [-0.05, 0) is 57.9 Å². The van der Waals surface area contributed by atoms with Gasteiger partial charge in [0.1, 0.15) is 11.4 Å². The Labute approximate surface area is 175 Å². The monoisotopic (exact) mass is 409 g/mol. The van der Waals surface area contributed by atoms with Crippen molar-refractivity contribution in [2.75, 3.05) is 6.54 Å². The average Bonchev–Trinajstić information content (AvgIpc) is 3.21. The van der Waals surface area contributed by atoms with E-state index in [0.717, 1.165) is 28.1 Å². The first-order valence-electron chi connectivity index (χ1n) is 10.1. The topological polar surface area (TPSA) is 85.2 Å². The number of aryl methyl sites for hydroxylation is 2. The summed E-state index contributed by atoms with van der Waals surface area (Å²) in [5, 5.41) is 4.83. The van der Waals surface area contributed by atoms with E-state index in [9.17, 15) is 9.59 Å². The maximum atomic E-state index is 12.7. The number of hydrogen-bond donors (Lipinski definition) is 1. The number of ether oxygens (including phenoxy) is 1. The molecule has 0 atom stereocenters. The molecule has 0 saturated heterocycles. The summed E-state index contributed by atoms with van der Waals surface area (Å²) in [5.41, 5.74) is 4.03. The van der Waals surface area contributed by atoms with Gasteiger partial charge in [0.15, 0.2) is 0 Å². The molecule has 0 fully saturated rings. The van der Waals surface area contributed by atoms with Gasteiger partial charge in [0, 0.05) is 30.9 Å². The van der Waals surface area contributed by atoms with Crippen molar-refractivity contribution in [1.29, 1.82) is 0 Å². The molecule has 1 aliphatic rings. The number of carbonyl (C=O) groups excluding carboxylic acids is 1. The maximum Gasteiger partial charge on any atom is 0.410 e. The first kappa shape index (κ1) is 20.0. The van der Waals surface area contributed by atoms with Crippen LogP contribution in [-0.4, -0.2) is 42.5 Å². The van der Waals surface area contributed by atoms with E-state index < -0.39 is 5.60 Å². The van der Waals surface area contributed by atoms with Crippen LogP contribution in [0.1, 0.15) is 43.2 Å². The van der Waals surface area contributed by atoms with Crippen LogP contribution in [0, 0.1) is 13.8 Å². The molecule has 1 N–H and O–H groups in total. The highest BCUT2D eigenvalue weighted by molar-refractivity contribution is 5.69. The molecular formula is C22H27N5O3. The minimum Gasteiger partial charge on any atom is -0.444 e. The Morgan fingerprint density at radius 1 is 1.17 bits per heavy atom. The van der Waals surface area contributed by atoms with Gasteiger partial charge in [-0.2, -0.15) is 5.10 Å². The van der Waals surface area contributed by atoms with Gasteiger partial charge in [0.25, 0.3) is 0 Å². The molecule has 8 nitrogen and oxygen atoms in total. The molecule has 0 aliphatic carbocycles. The van der Waals surface area contributed by atoms with Gasteiger partial charge in [0.05, 0.1) is 17.9 Å². The van der Waals surface area contributed by atoms with Gasteiger partial charge in [0.2, 0.25) is 0 Å². The van der Waals surface area contributed by atoms with E-state index in [4.69, 9.17) is 9.84 Å². The van der Waals surface area contributed by atoms with Crippen LogP contribution in [-0.2, 0) is 17.7 Å². The number of fused-ring (bicyclic) bond motifs is 1. The molecule has 0 spiro atoms. The van der Waals surface area contributed by atoms with E-state index in [-0.39, 0.29) is 11.8 Å². The molecule has 0 radical (unpaired) electrons. The molecule has 158 valence electrons. The number of hydrogen-bond acceptors (Lipinski definition) is 4. The fourth-order valence-electron chi connectivity index (χ4n) is 3.83. The Kier molecular flexibility index (Phi) is 4.80. The van der Waals surface area contributed by atoms with Crippen molar-refractivity contribution in [1.82, 2.24) is 24.2 Å². The van der Waals surface area contributed by atoms with Gasteiger partial charge >= 0.3 is 11.8 Å². The third kappa shape index (κ3) is 3.77. The van der Waals surface area contributed by atoms with Gasteiger partial charge in [-0.3, -0.25) is 4.57 Å². The van der Waals surface area contributed by atoms with E-state index in [1.54, 1.807) is 26.5 Å². The summed E-state index contributed by atoms with van der Waals surface area (Å²) >= 11 is 0. The molecule has 3 aromatic rings. The van der Waals surface area contributed by atoms with E-state index in [0.29, 0.717) is 25.3 Å². The molecule has 8 heteroatoms. The van der Waals surface area contributed by atoms with Crippen LogP contribution in [0.5, 0.6) is 0 Å². The van der Waals surface area contributed by atoms with Gasteiger partial charge in [-0.1, -0.05) is 6.07 Å². The zero-order chi connectivity index (χ0) is 21.6. The molecule has 4 rings (SSSR count). The van der Waals surface area contributed by atoms with Crippen molar-refractivity contribution in [3.05, 3.63) is 63.5 Å². The van der Waals surface area contributed by atoms with Crippen LogP contribution in [0.4, 0.5) is 4.79 Å². The number of H-pyrrole nitrogens is 1. The molecule has 1 aromatic carbocycles. The van der Waals surface area contributed by atoms with Crippen molar-refractivity contribution < 1.29 is 9.53 Å². The number of amides is 1. The Hall–Kier alpha value is -3.29. The number of nitrogens with zero attached hydrogens (tertiary/aromatic N) is 4. The van der Waals surface area contributed by atoms with Crippen molar-refractivity contribution >= 4 is 6.09 Å². The first-order chi connectivity index (χ1) is 14.1. The average molecular weight is 409 g/mol.